The van der Waals surface area contributed by atoms with Gasteiger partial charge >= 0.3 is 0 Å². The lowest BCUT2D eigenvalue weighted by atomic mass is 9.93. The molecule has 0 spiro atoms. The van der Waals surface area contributed by atoms with Crippen LogP contribution in [-0.2, 0) is 24.4 Å². The van der Waals surface area contributed by atoms with E-state index in [1.54, 1.807) is 20.9 Å². The molecule has 0 aliphatic carbocycles. The van der Waals surface area contributed by atoms with Crippen molar-refractivity contribution in [2.45, 2.75) is 45.9 Å². The average Bonchev–Trinajstić information content (AvgIpc) is 3.51. The van der Waals surface area contributed by atoms with Crippen LogP contribution in [0.5, 0.6) is 0 Å². The molecule has 0 radical (unpaired) electrons. The number of nitrogens with one attached hydrogen (secondary N) is 1. The molecule has 35 heavy (non-hydrogen) atoms. The lowest BCUT2D eigenvalue weighted by Gasteiger charge is -2.43. The Morgan fingerprint density at radius 3 is 2.54 bits per heavy atom. The first kappa shape index (κ1) is 23.1. The third-order valence-corrected chi connectivity index (χ3v) is 7.45. The van der Waals surface area contributed by atoms with Crippen molar-refractivity contribution in [1.82, 2.24) is 20.0 Å². The van der Waals surface area contributed by atoms with Gasteiger partial charge in [-0.3, -0.25) is 14.3 Å². The fourth-order valence-electron chi connectivity index (χ4n) is 4.51. The van der Waals surface area contributed by atoms with Gasteiger partial charge in [0.25, 0.3) is 5.91 Å². The number of carbonyl (C=O) groups is 2. The van der Waals surface area contributed by atoms with Crippen molar-refractivity contribution in [2.75, 3.05) is 0 Å². The Kier molecular flexibility index (Phi) is 6.03. The summed E-state index contributed by atoms with van der Waals surface area (Å²) in [5.74, 6) is -0.390. The molecule has 2 amide bonds. The van der Waals surface area contributed by atoms with E-state index < -0.39 is 5.54 Å². The number of amides is 2. The molecule has 0 bridgehead atoms. The molecule has 2 aromatic heterocycles. The predicted octanol–water partition coefficient (Wildman–Crippen LogP) is 4.96. The Bertz CT molecular complexity index is 1370. The minimum atomic E-state index is -1.10. The van der Waals surface area contributed by atoms with Crippen LogP contribution in [0.15, 0.2) is 72.1 Å². The molecule has 7 heteroatoms. The highest BCUT2D eigenvalue weighted by atomic mass is 32.1. The van der Waals surface area contributed by atoms with Gasteiger partial charge in [-0.15, -0.1) is 11.3 Å². The van der Waals surface area contributed by atoms with Gasteiger partial charge in [0, 0.05) is 13.1 Å². The van der Waals surface area contributed by atoms with Crippen molar-refractivity contribution in [3.63, 3.8) is 0 Å². The van der Waals surface area contributed by atoms with Gasteiger partial charge in [-0.25, -0.2) is 0 Å². The van der Waals surface area contributed by atoms with Crippen molar-refractivity contribution < 1.29 is 9.59 Å². The Morgan fingerprint density at radius 2 is 1.83 bits per heavy atom. The molecule has 4 aromatic rings. The van der Waals surface area contributed by atoms with Gasteiger partial charge in [0.2, 0.25) is 5.91 Å². The van der Waals surface area contributed by atoms with Crippen molar-refractivity contribution in [3.8, 4) is 10.6 Å². The average molecular weight is 485 g/mol. The van der Waals surface area contributed by atoms with Gasteiger partial charge in [-0.2, -0.15) is 5.10 Å². The topological polar surface area (TPSA) is 67.2 Å². The van der Waals surface area contributed by atoms with E-state index in [2.05, 4.69) is 11.4 Å². The highest BCUT2D eigenvalue weighted by Crippen LogP contribution is 2.32. The molecule has 2 aromatic carbocycles. The van der Waals surface area contributed by atoms with E-state index in [0.717, 1.165) is 27.3 Å². The quantitative estimate of drug-likeness (QED) is 0.421. The molecule has 1 aliphatic rings. The van der Waals surface area contributed by atoms with E-state index in [1.807, 2.05) is 86.8 Å². The minimum absolute atomic E-state index is 0.193. The number of aryl methyl sites for hydroxylation is 2. The fourth-order valence-corrected chi connectivity index (χ4v) is 5.19. The van der Waals surface area contributed by atoms with E-state index in [-0.39, 0.29) is 18.4 Å². The first-order valence-electron chi connectivity index (χ1n) is 11.7. The van der Waals surface area contributed by atoms with Crippen LogP contribution >= 0.6 is 11.3 Å². The summed E-state index contributed by atoms with van der Waals surface area (Å²) < 4.78 is 1.69. The number of rotatable bonds is 6. The van der Waals surface area contributed by atoms with E-state index in [4.69, 9.17) is 5.10 Å². The standard InChI is InChI=1S/C28H28N4O2S/c1-19-9-11-21(12-10-19)16-29-27(34)28(3)18-32-24(15-23(30-32)25-8-5-13-35-25)26(33)31(28)17-22-7-4-6-20(2)14-22/h4-15H,16-18H2,1-3H3,(H,29,34). The third kappa shape index (κ3) is 4.51. The minimum Gasteiger partial charge on any atom is -0.350 e. The molecule has 5 rings (SSSR count). The van der Waals surface area contributed by atoms with Crippen LogP contribution < -0.4 is 5.32 Å². The van der Waals surface area contributed by atoms with Gasteiger partial charge < -0.3 is 10.2 Å². The smallest absolute Gasteiger partial charge is 0.273 e. The number of nitrogens with zero attached hydrogens (tertiary/aromatic N) is 3. The monoisotopic (exact) mass is 484 g/mol. The van der Waals surface area contributed by atoms with Gasteiger partial charge in [0.1, 0.15) is 16.9 Å². The van der Waals surface area contributed by atoms with E-state index >= 15 is 0 Å². The molecule has 6 nitrogen and oxygen atoms in total. The summed E-state index contributed by atoms with van der Waals surface area (Å²) in [6, 6.07) is 21.9. The Morgan fingerprint density at radius 1 is 1.03 bits per heavy atom. The normalized spacial score (nSPS) is 17.3. The number of carbonyl (C=O) groups excluding carboxylic acids is 2. The Hall–Kier alpha value is -3.71. The number of fused-ring (bicyclic) bond motifs is 1. The predicted molar refractivity (Wildman–Crippen MR) is 138 cm³/mol. The van der Waals surface area contributed by atoms with E-state index in [1.165, 1.54) is 5.56 Å². The van der Waals surface area contributed by atoms with Crippen LogP contribution in [0.2, 0.25) is 0 Å². The molecule has 1 atom stereocenters. The summed E-state index contributed by atoms with van der Waals surface area (Å²) in [6.07, 6.45) is 0. The number of thiophene rings is 1. The second-order valence-electron chi connectivity index (χ2n) is 9.37. The summed E-state index contributed by atoms with van der Waals surface area (Å²) in [6.45, 7) is 6.91. The van der Waals surface area contributed by atoms with Crippen molar-refractivity contribution in [2.24, 2.45) is 0 Å². The SMILES string of the molecule is Cc1ccc(CNC(=O)C2(C)Cn3nc(-c4cccs4)cc3C(=O)N2Cc2cccc(C)c2)cc1. The van der Waals surface area contributed by atoms with Crippen LogP contribution in [0.4, 0.5) is 0 Å². The van der Waals surface area contributed by atoms with Crippen molar-refractivity contribution in [1.29, 1.82) is 0 Å². The van der Waals surface area contributed by atoms with Crippen molar-refractivity contribution >= 4 is 23.2 Å². The molecule has 1 N–H and O–H groups in total. The highest BCUT2D eigenvalue weighted by Gasteiger charge is 2.48. The second kappa shape index (κ2) is 9.15. The maximum absolute atomic E-state index is 13.8. The molecule has 0 fully saturated rings. The number of hydrogen-bond donors (Lipinski definition) is 1. The van der Waals surface area contributed by atoms with Gasteiger partial charge in [-0.05, 0) is 49.4 Å². The second-order valence-corrected chi connectivity index (χ2v) is 10.3. The largest absolute Gasteiger partial charge is 0.350 e. The van der Waals surface area contributed by atoms with Crippen LogP contribution in [0.25, 0.3) is 10.6 Å². The first-order valence-corrected chi connectivity index (χ1v) is 12.5. The summed E-state index contributed by atoms with van der Waals surface area (Å²) in [7, 11) is 0. The molecular weight excluding hydrogens is 456 g/mol. The molecule has 178 valence electrons. The lowest BCUT2D eigenvalue weighted by Crippen LogP contribution is -2.63. The number of aromatic nitrogens is 2. The van der Waals surface area contributed by atoms with Gasteiger partial charge in [0.05, 0.1) is 11.4 Å². The zero-order valence-corrected chi connectivity index (χ0v) is 20.9. The molecule has 3 heterocycles. The zero-order chi connectivity index (χ0) is 24.6. The summed E-state index contributed by atoms with van der Waals surface area (Å²) in [5.41, 5.74) is 4.44. The molecule has 0 saturated carbocycles. The third-order valence-electron chi connectivity index (χ3n) is 6.56. The van der Waals surface area contributed by atoms with Crippen LogP contribution in [0.3, 0.4) is 0 Å². The molecule has 1 unspecified atom stereocenters. The maximum Gasteiger partial charge on any atom is 0.273 e. The van der Waals surface area contributed by atoms with Crippen LogP contribution in [0.1, 0.15) is 39.7 Å². The molecule has 0 saturated heterocycles. The Balaban J connectivity index is 1.48. The summed E-state index contributed by atoms with van der Waals surface area (Å²) >= 11 is 1.58. The number of benzene rings is 2. The lowest BCUT2D eigenvalue weighted by molar-refractivity contribution is -0.133. The van der Waals surface area contributed by atoms with E-state index in [9.17, 15) is 9.59 Å². The van der Waals surface area contributed by atoms with E-state index in [0.29, 0.717) is 18.8 Å². The molecular formula is C28H28N4O2S. The number of hydrogen-bond acceptors (Lipinski definition) is 4. The van der Waals surface area contributed by atoms with Crippen LogP contribution in [-0.4, -0.2) is 32.0 Å². The van der Waals surface area contributed by atoms with Crippen molar-refractivity contribution in [3.05, 3.63) is 100 Å². The first-order chi connectivity index (χ1) is 16.8. The Labute approximate surface area is 209 Å². The van der Waals surface area contributed by atoms with Crippen LogP contribution in [0, 0.1) is 13.8 Å². The maximum atomic E-state index is 13.8. The highest BCUT2D eigenvalue weighted by molar-refractivity contribution is 7.13. The molecule has 1 aliphatic heterocycles. The zero-order valence-electron chi connectivity index (χ0n) is 20.1. The summed E-state index contributed by atoms with van der Waals surface area (Å²) in [4.78, 5) is 30.2. The summed E-state index contributed by atoms with van der Waals surface area (Å²) in [5, 5.41) is 9.76. The van der Waals surface area contributed by atoms with Gasteiger partial charge in [-0.1, -0.05) is 65.7 Å². The van der Waals surface area contributed by atoms with Gasteiger partial charge in [0.15, 0.2) is 0 Å². The fraction of sp³-hybridized carbons (Fsp3) is 0.250.